The number of rotatable bonds is 10. The predicted molar refractivity (Wildman–Crippen MR) is 222 cm³/mol. The maximum atomic E-state index is 13.2. The zero-order valence-corrected chi connectivity index (χ0v) is 34.7. The molecule has 2 aromatic rings. The van der Waals surface area contributed by atoms with Gasteiger partial charge in [-0.25, -0.2) is 4.79 Å². The Morgan fingerprint density at radius 2 is 1.61 bits per heavy atom. The Morgan fingerprint density at radius 1 is 0.907 bits per heavy atom. The van der Waals surface area contributed by atoms with Crippen LogP contribution in [0.25, 0.3) is 6.08 Å². The number of hydrogen-bond donors (Lipinski definition) is 3. The first-order valence-corrected chi connectivity index (χ1v) is 21.1. The highest BCUT2D eigenvalue weighted by Crippen LogP contribution is 2.89. The Balaban J connectivity index is 0.000000552. The van der Waals surface area contributed by atoms with Crippen molar-refractivity contribution in [2.24, 2.45) is 50.7 Å². The largest absolute Gasteiger partial charge is 0.494 e. The summed E-state index contributed by atoms with van der Waals surface area (Å²) in [5.41, 5.74) is 17.1. The molecule has 5 N–H and O–H groups in total. The van der Waals surface area contributed by atoms with Crippen molar-refractivity contribution in [1.82, 2.24) is 0 Å². The number of aliphatic hydroxyl groups is 1. The molecule has 0 bridgehead atoms. The average molecular weight is 739 g/mol. The maximum Gasteiger partial charge on any atom is 0.331 e. The molecule has 2 spiro atoms. The van der Waals surface area contributed by atoms with Crippen LogP contribution in [0.2, 0.25) is 0 Å². The summed E-state index contributed by atoms with van der Waals surface area (Å²) in [5, 5.41) is 9.76. The van der Waals surface area contributed by atoms with Gasteiger partial charge in [-0.2, -0.15) is 0 Å². The van der Waals surface area contributed by atoms with Crippen molar-refractivity contribution in [3.8, 4) is 5.75 Å². The lowest BCUT2D eigenvalue weighted by Crippen LogP contribution is -2.58. The number of anilines is 2. The molecule has 0 heterocycles. The van der Waals surface area contributed by atoms with Gasteiger partial charge in [0.25, 0.3) is 0 Å². The SMILES string of the molecule is CCOc1ccc(/C=C/C(=O)OC2CCC34CC35CCC3(C)C(C(C)CCC=C(C)C)CCC3(C)C5CCC4C2(C)C)cc1CO.Nc1cccc(N)c1. The lowest BCUT2D eigenvalue weighted by atomic mass is 9.41. The molecule has 5 fully saturated rings. The van der Waals surface area contributed by atoms with E-state index in [-0.39, 0.29) is 24.1 Å². The first-order chi connectivity index (χ1) is 25.6. The van der Waals surface area contributed by atoms with Gasteiger partial charge in [0, 0.05) is 28.4 Å². The summed E-state index contributed by atoms with van der Waals surface area (Å²) < 4.78 is 11.9. The summed E-state index contributed by atoms with van der Waals surface area (Å²) in [5.74, 6) is 3.54. The molecule has 0 radical (unpaired) electrons. The molecule has 9 atom stereocenters. The van der Waals surface area contributed by atoms with E-state index in [4.69, 9.17) is 20.9 Å². The number of nitrogens with two attached hydrogens (primary N) is 2. The van der Waals surface area contributed by atoms with Crippen molar-refractivity contribution in [3.05, 3.63) is 71.3 Å². The van der Waals surface area contributed by atoms with Crippen LogP contribution in [0.15, 0.2) is 60.2 Å². The van der Waals surface area contributed by atoms with Gasteiger partial charge in [-0.1, -0.05) is 58.4 Å². The molecule has 296 valence electrons. The van der Waals surface area contributed by atoms with E-state index in [9.17, 15) is 9.90 Å². The smallest absolute Gasteiger partial charge is 0.331 e. The van der Waals surface area contributed by atoms with Gasteiger partial charge in [-0.05, 0) is 179 Å². The number of carbonyl (C=O) groups is 1. The van der Waals surface area contributed by atoms with Gasteiger partial charge in [-0.3, -0.25) is 0 Å². The lowest BCUT2D eigenvalue weighted by molar-refractivity contribution is -0.179. The second-order valence-electron chi connectivity index (χ2n) is 19.2. The van der Waals surface area contributed by atoms with Gasteiger partial charge in [0.2, 0.25) is 0 Å². The van der Waals surface area contributed by atoms with Gasteiger partial charge in [0.15, 0.2) is 0 Å². The molecule has 5 saturated carbocycles. The van der Waals surface area contributed by atoms with Crippen LogP contribution < -0.4 is 16.2 Å². The van der Waals surface area contributed by atoms with Gasteiger partial charge in [0.1, 0.15) is 11.9 Å². The molecule has 7 rings (SSSR count). The van der Waals surface area contributed by atoms with Crippen molar-refractivity contribution in [1.29, 1.82) is 0 Å². The quantitative estimate of drug-likeness (QED) is 0.0969. The fourth-order valence-electron chi connectivity index (χ4n) is 13.4. The molecule has 0 aliphatic heterocycles. The number of ether oxygens (including phenoxy) is 2. The third-order valence-corrected chi connectivity index (χ3v) is 16.1. The summed E-state index contributed by atoms with van der Waals surface area (Å²) >= 11 is 0. The number of carbonyl (C=O) groups excluding carboxylic acids is 1. The highest BCUT2D eigenvalue weighted by atomic mass is 16.5. The summed E-state index contributed by atoms with van der Waals surface area (Å²) in [6, 6.07) is 12.8. The predicted octanol–water partition coefficient (Wildman–Crippen LogP) is 11.2. The highest BCUT2D eigenvalue weighted by Gasteiger charge is 2.82. The molecule has 6 heteroatoms. The normalized spacial score (nSPS) is 34.9. The second-order valence-corrected chi connectivity index (χ2v) is 19.2. The van der Waals surface area contributed by atoms with Crippen LogP contribution in [0.5, 0.6) is 5.75 Å². The van der Waals surface area contributed by atoms with E-state index < -0.39 is 0 Å². The van der Waals surface area contributed by atoms with E-state index in [1.165, 1.54) is 69.8 Å². The molecular formula is C48H70N2O4. The Kier molecular flexibility index (Phi) is 11.5. The van der Waals surface area contributed by atoms with Crippen molar-refractivity contribution in [3.63, 3.8) is 0 Å². The molecule has 54 heavy (non-hydrogen) atoms. The van der Waals surface area contributed by atoms with Gasteiger partial charge in [-0.15, -0.1) is 0 Å². The van der Waals surface area contributed by atoms with Crippen molar-refractivity contribution >= 4 is 23.4 Å². The first-order valence-electron chi connectivity index (χ1n) is 21.1. The monoisotopic (exact) mass is 739 g/mol. The molecule has 5 aliphatic rings. The standard InChI is InChI=1S/C42H62O4.C6H8N2/c1-9-45-33-15-13-30(25-31(33)26-43)14-18-37(44)46-36-20-22-41-27-42(41)24-23-39(7)32(29(4)12-10-11-28(2)3)19-21-40(39,8)35(42)17-16-34(41)38(36,5)6;7-5-2-1-3-6(8)4-5/h11,13-15,18,25,29,32,34-36,43H,9-10,12,16-17,19-24,26-27H2,1-8H3;1-4H,7-8H2/b18-14+;. The number of hydrogen-bond acceptors (Lipinski definition) is 6. The van der Waals surface area contributed by atoms with E-state index in [1.54, 1.807) is 30.4 Å². The van der Waals surface area contributed by atoms with Crippen molar-refractivity contribution in [2.45, 2.75) is 139 Å². The third-order valence-electron chi connectivity index (χ3n) is 16.1. The topological polar surface area (TPSA) is 108 Å². The van der Waals surface area contributed by atoms with Crippen molar-refractivity contribution in [2.75, 3.05) is 18.1 Å². The number of nitrogen functional groups attached to an aromatic ring is 2. The van der Waals surface area contributed by atoms with Crippen LogP contribution in [-0.4, -0.2) is 23.8 Å². The zero-order valence-electron chi connectivity index (χ0n) is 34.7. The van der Waals surface area contributed by atoms with Gasteiger partial charge < -0.3 is 26.0 Å². The van der Waals surface area contributed by atoms with Crippen LogP contribution in [-0.2, 0) is 16.1 Å². The average Bonchev–Trinajstić information content (AvgIpc) is 3.70. The highest BCUT2D eigenvalue weighted by molar-refractivity contribution is 5.87. The van der Waals surface area contributed by atoms with E-state index in [0.717, 1.165) is 35.3 Å². The second kappa shape index (κ2) is 15.4. The molecule has 0 amide bonds. The van der Waals surface area contributed by atoms with Gasteiger partial charge in [0.05, 0.1) is 13.2 Å². The minimum absolute atomic E-state index is 0.0290. The number of fused-ring (bicyclic) bond motifs is 2. The Morgan fingerprint density at radius 3 is 2.26 bits per heavy atom. The minimum atomic E-state index is -0.260. The molecule has 9 unspecified atom stereocenters. The van der Waals surface area contributed by atoms with Crippen LogP contribution in [0, 0.1) is 50.7 Å². The number of aliphatic hydroxyl groups excluding tert-OH is 1. The first kappa shape index (κ1) is 40.4. The molecule has 5 aliphatic carbocycles. The van der Waals surface area contributed by atoms with Crippen LogP contribution in [0.4, 0.5) is 11.4 Å². The molecule has 0 aromatic heterocycles. The Labute approximate surface area is 326 Å². The van der Waals surface area contributed by atoms with Crippen LogP contribution in [0.1, 0.15) is 137 Å². The van der Waals surface area contributed by atoms with Gasteiger partial charge >= 0.3 is 5.97 Å². The molecule has 6 nitrogen and oxygen atoms in total. The lowest BCUT2D eigenvalue weighted by Gasteiger charge is -2.63. The minimum Gasteiger partial charge on any atom is -0.494 e. The molecular weight excluding hydrogens is 669 g/mol. The molecule has 2 aromatic carbocycles. The van der Waals surface area contributed by atoms with E-state index in [1.807, 2.05) is 31.2 Å². The van der Waals surface area contributed by atoms with Crippen LogP contribution >= 0.6 is 0 Å². The fourth-order valence-corrected chi connectivity index (χ4v) is 13.4. The molecule has 0 saturated heterocycles. The fraction of sp³-hybridized carbons (Fsp3) is 0.646. The summed E-state index contributed by atoms with van der Waals surface area (Å²) in [6.45, 7) is 19.6. The van der Waals surface area contributed by atoms with E-state index in [2.05, 4.69) is 54.5 Å². The number of esters is 1. The summed E-state index contributed by atoms with van der Waals surface area (Å²) in [7, 11) is 0. The van der Waals surface area contributed by atoms with E-state index >= 15 is 0 Å². The number of allylic oxidation sites excluding steroid dienone is 2. The number of benzene rings is 2. The maximum absolute atomic E-state index is 13.2. The Bertz CT molecular complexity index is 1710. The van der Waals surface area contributed by atoms with E-state index in [0.29, 0.717) is 51.3 Å². The zero-order chi connectivity index (χ0) is 39.1. The third kappa shape index (κ3) is 7.03. The Hall–Kier alpha value is -3.25. The van der Waals surface area contributed by atoms with Crippen LogP contribution in [0.3, 0.4) is 0 Å². The summed E-state index contributed by atoms with van der Waals surface area (Å²) in [4.78, 5) is 13.2. The van der Waals surface area contributed by atoms with Crippen molar-refractivity contribution < 1.29 is 19.4 Å². The summed E-state index contributed by atoms with van der Waals surface area (Å²) in [6.07, 6.45) is 20.2.